The van der Waals surface area contributed by atoms with Crippen LogP contribution in [0.15, 0.2) is 48.5 Å². The third-order valence-electron chi connectivity index (χ3n) is 3.38. The molecule has 23 heavy (non-hydrogen) atoms. The normalized spacial score (nSPS) is 15.2. The first-order valence-corrected chi connectivity index (χ1v) is 6.35. The van der Waals surface area contributed by atoms with Gasteiger partial charge >= 0.3 is 12.1 Å². The molecule has 4 N–H and O–H groups in total. The van der Waals surface area contributed by atoms with Gasteiger partial charge in [-0.3, -0.25) is 0 Å². The van der Waals surface area contributed by atoms with E-state index in [4.69, 9.17) is 11.5 Å². The van der Waals surface area contributed by atoms with Crippen LogP contribution in [0.25, 0.3) is 0 Å². The van der Waals surface area contributed by atoms with Gasteiger partial charge in [0.1, 0.15) is 0 Å². The first kappa shape index (κ1) is 17.0. The number of nitrogen functional groups attached to an aromatic ring is 2. The van der Waals surface area contributed by atoms with Gasteiger partial charge in [0.25, 0.3) is 0 Å². The Kier molecular flexibility index (Phi) is 3.96. The summed E-state index contributed by atoms with van der Waals surface area (Å²) >= 11 is 0. The monoisotopic (exact) mass is 334 g/mol. The van der Waals surface area contributed by atoms with Crippen molar-refractivity contribution in [3.8, 4) is 0 Å². The molecule has 0 heterocycles. The number of hydrogen-bond donors (Lipinski definition) is 2. The van der Waals surface area contributed by atoms with E-state index >= 15 is 4.39 Å². The van der Waals surface area contributed by atoms with Gasteiger partial charge in [0.2, 0.25) is 5.67 Å². The van der Waals surface area contributed by atoms with Crippen LogP contribution < -0.4 is 11.5 Å². The molecule has 0 saturated carbocycles. The molecule has 2 aromatic carbocycles. The summed E-state index contributed by atoms with van der Waals surface area (Å²) in [6.07, 6.45) is -6.10. The zero-order valence-corrected chi connectivity index (χ0v) is 11.5. The van der Waals surface area contributed by atoms with Gasteiger partial charge in [-0.25, -0.2) is 4.39 Å². The lowest BCUT2D eigenvalue weighted by atomic mass is 9.82. The lowest BCUT2D eigenvalue weighted by Crippen LogP contribution is -2.53. The molecule has 0 aromatic heterocycles. The number of halogens is 6. The summed E-state index contributed by atoms with van der Waals surface area (Å²) in [5, 5.41) is 0. The Hall–Kier alpha value is -2.38. The molecule has 1 unspecified atom stereocenters. The summed E-state index contributed by atoms with van der Waals surface area (Å²) in [6, 6.07) is 7.59. The minimum atomic E-state index is -6.10. The van der Waals surface area contributed by atoms with Crippen molar-refractivity contribution in [1.82, 2.24) is 0 Å². The summed E-state index contributed by atoms with van der Waals surface area (Å²) in [6.45, 7) is 0. The van der Waals surface area contributed by atoms with E-state index in [0.717, 1.165) is 42.5 Å². The first-order valence-electron chi connectivity index (χ1n) is 6.35. The number of alkyl halides is 6. The highest BCUT2D eigenvalue weighted by atomic mass is 19.4. The van der Waals surface area contributed by atoms with Crippen molar-refractivity contribution in [1.29, 1.82) is 0 Å². The van der Waals surface area contributed by atoms with Gasteiger partial charge in [-0.05, 0) is 24.3 Å². The van der Waals surface area contributed by atoms with E-state index in [-0.39, 0.29) is 11.4 Å². The highest BCUT2D eigenvalue weighted by molar-refractivity contribution is 5.50. The fraction of sp³-hybridized carbons (Fsp3) is 0.200. The summed E-state index contributed by atoms with van der Waals surface area (Å²) in [4.78, 5) is 0. The lowest BCUT2D eigenvalue weighted by molar-refractivity contribution is -0.323. The van der Waals surface area contributed by atoms with Crippen LogP contribution in [-0.4, -0.2) is 12.1 Å². The number of anilines is 2. The van der Waals surface area contributed by atoms with E-state index in [1.165, 1.54) is 6.07 Å². The van der Waals surface area contributed by atoms with E-state index < -0.39 is 28.9 Å². The molecule has 0 spiro atoms. The number of hydrogen-bond acceptors (Lipinski definition) is 2. The number of nitrogens with two attached hydrogens (primary N) is 2. The summed E-state index contributed by atoms with van der Waals surface area (Å²) in [5.41, 5.74) is 4.81. The van der Waals surface area contributed by atoms with Gasteiger partial charge in [0, 0.05) is 22.5 Å². The van der Waals surface area contributed by atoms with Crippen LogP contribution >= 0.6 is 0 Å². The van der Waals surface area contributed by atoms with Crippen LogP contribution in [0.3, 0.4) is 0 Å². The second-order valence-electron chi connectivity index (χ2n) is 4.98. The maximum Gasteiger partial charge on any atom is 0.457 e. The topological polar surface area (TPSA) is 52.0 Å². The molecule has 0 amide bonds. The molecule has 0 radical (unpaired) electrons. The van der Waals surface area contributed by atoms with Crippen LogP contribution in [0.1, 0.15) is 11.1 Å². The largest absolute Gasteiger partial charge is 0.457 e. The molecule has 124 valence electrons. The zero-order chi connectivity index (χ0) is 17.5. The molecule has 8 heteroatoms. The van der Waals surface area contributed by atoms with Crippen LogP contribution in [0.4, 0.5) is 37.7 Å². The van der Waals surface area contributed by atoms with Crippen molar-refractivity contribution in [2.75, 3.05) is 11.5 Å². The molecule has 0 aliphatic carbocycles. The van der Waals surface area contributed by atoms with Crippen molar-refractivity contribution in [2.24, 2.45) is 0 Å². The Balaban J connectivity index is 2.77. The number of benzene rings is 2. The van der Waals surface area contributed by atoms with Crippen molar-refractivity contribution in [3.05, 3.63) is 59.7 Å². The fourth-order valence-electron chi connectivity index (χ4n) is 2.19. The van der Waals surface area contributed by atoms with Gasteiger partial charge in [0.05, 0.1) is 0 Å². The molecule has 0 bridgehead atoms. The van der Waals surface area contributed by atoms with E-state index in [1.54, 1.807) is 0 Å². The third-order valence-corrected chi connectivity index (χ3v) is 3.38. The molecule has 2 aromatic rings. The van der Waals surface area contributed by atoms with Crippen molar-refractivity contribution in [3.63, 3.8) is 0 Å². The quantitative estimate of drug-likeness (QED) is 0.651. The molecule has 1 atom stereocenters. The Labute approximate surface area is 127 Å². The van der Waals surface area contributed by atoms with Gasteiger partial charge in [-0.2, -0.15) is 22.0 Å². The first-order chi connectivity index (χ1) is 10.5. The molecule has 2 rings (SSSR count). The molecule has 0 fully saturated rings. The molecule has 0 aliphatic heterocycles. The summed E-state index contributed by atoms with van der Waals surface area (Å²) in [5.74, 6) is -5.68. The van der Waals surface area contributed by atoms with Crippen LogP contribution in [0.2, 0.25) is 0 Å². The average Bonchev–Trinajstić information content (AvgIpc) is 2.45. The predicted molar refractivity (Wildman–Crippen MR) is 74.6 cm³/mol. The summed E-state index contributed by atoms with van der Waals surface area (Å²) < 4.78 is 81.8. The van der Waals surface area contributed by atoms with Crippen LogP contribution in [0.5, 0.6) is 0 Å². The highest BCUT2D eigenvalue weighted by Crippen LogP contribution is 2.54. The van der Waals surface area contributed by atoms with Gasteiger partial charge < -0.3 is 11.5 Å². The lowest BCUT2D eigenvalue weighted by Gasteiger charge is -2.35. The molecule has 0 aliphatic rings. The minimum absolute atomic E-state index is 0.0963. The second-order valence-corrected chi connectivity index (χ2v) is 4.98. The van der Waals surface area contributed by atoms with Crippen molar-refractivity contribution in [2.45, 2.75) is 17.8 Å². The molecular formula is C15H12F6N2. The smallest absolute Gasteiger partial charge is 0.399 e. The van der Waals surface area contributed by atoms with Crippen LogP contribution in [0, 0.1) is 0 Å². The van der Waals surface area contributed by atoms with E-state index in [2.05, 4.69) is 0 Å². The van der Waals surface area contributed by atoms with Crippen molar-refractivity contribution < 1.29 is 26.3 Å². The molecule has 2 nitrogen and oxygen atoms in total. The Morgan fingerprint density at radius 2 is 1.22 bits per heavy atom. The average molecular weight is 334 g/mol. The maximum atomic E-state index is 15.3. The Bertz CT molecular complexity index is 696. The Morgan fingerprint density at radius 3 is 1.70 bits per heavy atom. The zero-order valence-electron chi connectivity index (χ0n) is 11.5. The van der Waals surface area contributed by atoms with Gasteiger partial charge in [-0.15, -0.1) is 0 Å². The highest BCUT2D eigenvalue weighted by Gasteiger charge is 2.72. The maximum absolute atomic E-state index is 15.3. The van der Waals surface area contributed by atoms with E-state index in [9.17, 15) is 22.0 Å². The van der Waals surface area contributed by atoms with E-state index in [0.29, 0.717) is 0 Å². The van der Waals surface area contributed by atoms with Gasteiger partial charge in [-0.1, -0.05) is 24.3 Å². The molecular weight excluding hydrogens is 322 g/mol. The second kappa shape index (κ2) is 5.36. The standard InChI is InChI=1S/C15H12F6N2/c16-13(14(17,18)15(19,20)21,9-4-6-11(22)7-5-9)10-2-1-3-12(23)8-10/h1-8H,22-23H2. The number of rotatable bonds is 3. The molecule has 0 saturated heterocycles. The van der Waals surface area contributed by atoms with Gasteiger partial charge in [0.15, 0.2) is 0 Å². The summed E-state index contributed by atoms with van der Waals surface area (Å²) in [7, 11) is 0. The SMILES string of the molecule is Nc1ccc(C(F)(c2cccc(N)c2)C(F)(F)C(F)(F)F)cc1. The Morgan fingerprint density at radius 1 is 0.652 bits per heavy atom. The predicted octanol–water partition coefficient (Wildman–Crippen LogP) is 4.26. The van der Waals surface area contributed by atoms with Crippen LogP contribution in [-0.2, 0) is 5.67 Å². The third kappa shape index (κ3) is 2.69. The minimum Gasteiger partial charge on any atom is -0.399 e. The fourth-order valence-corrected chi connectivity index (χ4v) is 2.19. The van der Waals surface area contributed by atoms with Crippen molar-refractivity contribution >= 4 is 11.4 Å². The van der Waals surface area contributed by atoms with E-state index in [1.807, 2.05) is 0 Å².